The molecule has 1 atom stereocenters. The van der Waals surface area contributed by atoms with Crippen molar-refractivity contribution in [2.24, 2.45) is 0 Å². The van der Waals surface area contributed by atoms with E-state index in [1.165, 1.54) is 11.3 Å². The molecular weight excluding hydrogens is 424 g/mol. The molecule has 3 heterocycles. The van der Waals surface area contributed by atoms with E-state index in [0.29, 0.717) is 0 Å². The van der Waals surface area contributed by atoms with E-state index in [1.54, 1.807) is 6.92 Å². The van der Waals surface area contributed by atoms with E-state index in [0.717, 1.165) is 77.1 Å². The second-order valence-corrected chi connectivity index (χ2v) is 10.6. The fraction of sp³-hybridized carbons (Fsp3) is 0.448. The van der Waals surface area contributed by atoms with Crippen LogP contribution in [0, 0.1) is 13.8 Å². The topological polar surface area (TPSA) is 51.7 Å². The Hall–Kier alpha value is -2.92. The van der Waals surface area contributed by atoms with Crippen LogP contribution in [-0.2, 0) is 16.0 Å². The maximum absolute atomic E-state index is 13.0. The van der Waals surface area contributed by atoms with Crippen LogP contribution in [0.15, 0.2) is 30.3 Å². The van der Waals surface area contributed by atoms with Crippen molar-refractivity contribution in [2.45, 2.75) is 66.1 Å². The van der Waals surface area contributed by atoms with Gasteiger partial charge in [0.1, 0.15) is 18.5 Å². The number of hydrogen-bond acceptors (Lipinski definition) is 5. The van der Waals surface area contributed by atoms with Gasteiger partial charge in [-0.2, -0.15) is 0 Å². The number of nitrogens with zero attached hydrogens (tertiary/aromatic N) is 2. The highest BCUT2D eigenvalue weighted by atomic mass is 16.5. The summed E-state index contributed by atoms with van der Waals surface area (Å²) in [6, 6.07) is 10.6. The highest BCUT2D eigenvalue weighted by Crippen LogP contribution is 2.48. The Kier molecular flexibility index (Phi) is 5.64. The average molecular weight is 459 g/mol. The average Bonchev–Trinajstić information content (AvgIpc) is 2.77. The van der Waals surface area contributed by atoms with E-state index in [2.05, 4.69) is 42.2 Å². The molecule has 5 nitrogen and oxygen atoms in total. The number of rotatable bonds is 4. The molecule has 178 valence electrons. The number of benzene rings is 2. The number of aromatic nitrogens is 1. The maximum atomic E-state index is 13.0. The molecule has 34 heavy (non-hydrogen) atoms. The number of carbonyl (C=O) groups is 1. The van der Waals surface area contributed by atoms with Crippen LogP contribution in [-0.4, -0.2) is 36.1 Å². The standard InChI is InChI=1S/C29H34N2O3/c1-17-16-23-22(10-9-18(2)30-23)26(25(17)28(19(3)32)34-29(4,5)6)20-11-12-24-27-21(20)8-7-13-31(27)14-15-33-24/h9-12,16,28H,7-8,13-15H2,1-6H3/t28-/m1/s1. The number of anilines is 1. The monoisotopic (exact) mass is 458 g/mol. The normalized spacial score (nSPS) is 16.2. The predicted octanol–water partition coefficient (Wildman–Crippen LogP) is 6.11. The molecule has 3 aromatic rings. The highest BCUT2D eigenvalue weighted by molar-refractivity contribution is 6.02. The summed E-state index contributed by atoms with van der Waals surface area (Å²) in [6.07, 6.45) is 1.44. The zero-order valence-corrected chi connectivity index (χ0v) is 21.1. The van der Waals surface area contributed by atoms with Gasteiger partial charge < -0.3 is 14.4 Å². The van der Waals surface area contributed by atoms with Crippen LogP contribution in [0.1, 0.15) is 62.6 Å². The van der Waals surface area contributed by atoms with E-state index in [9.17, 15) is 4.79 Å². The quantitative estimate of drug-likeness (QED) is 0.472. The summed E-state index contributed by atoms with van der Waals surface area (Å²) in [6.45, 7) is 14.4. The molecule has 0 unspecified atom stereocenters. The fourth-order valence-electron chi connectivity index (χ4n) is 5.46. The van der Waals surface area contributed by atoms with Gasteiger partial charge in [-0.1, -0.05) is 12.1 Å². The summed E-state index contributed by atoms with van der Waals surface area (Å²) < 4.78 is 12.5. The van der Waals surface area contributed by atoms with E-state index in [4.69, 9.17) is 14.5 Å². The van der Waals surface area contributed by atoms with Gasteiger partial charge in [-0.05, 0) is 100 Å². The lowest BCUT2D eigenvalue weighted by Crippen LogP contribution is -2.37. The Morgan fingerprint density at radius 1 is 1.15 bits per heavy atom. The van der Waals surface area contributed by atoms with Crippen molar-refractivity contribution in [3.8, 4) is 16.9 Å². The molecule has 5 heteroatoms. The first-order chi connectivity index (χ1) is 16.1. The zero-order valence-electron chi connectivity index (χ0n) is 21.1. The molecule has 2 aliphatic heterocycles. The highest BCUT2D eigenvalue weighted by Gasteiger charge is 2.33. The summed E-state index contributed by atoms with van der Waals surface area (Å²) in [5, 5.41) is 1.06. The predicted molar refractivity (Wildman–Crippen MR) is 137 cm³/mol. The minimum absolute atomic E-state index is 0.00950. The smallest absolute Gasteiger partial charge is 0.163 e. The van der Waals surface area contributed by atoms with Gasteiger partial charge in [0.2, 0.25) is 0 Å². The Morgan fingerprint density at radius 2 is 1.94 bits per heavy atom. The molecule has 0 radical (unpaired) electrons. The first kappa shape index (κ1) is 22.9. The number of ether oxygens (including phenoxy) is 2. The lowest BCUT2D eigenvalue weighted by Gasteiger charge is -2.38. The van der Waals surface area contributed by atoms with Crippen molar-refractivity contribution in [3.63, 3.8) is 0 Å². The van der Waals surface area contributed by atoms with Crippen LogP contribution in [0.3, 0.4) is 0 Å². The van der Waals surface area contributed by atoms with Crippen molar-refractivity contribution < 1.29 is 14.3 Å². The number of carbonyl (C=O) groups excluding carboxylic acids is 1. The summed E-state index contributed by atoms with van der Waals surface area (Å²) in [5.74, 6) is 0.974. The third-order valence-electron chi connectivity index (χ3n) is 6.79. The number of Topliss-reactive ketones (excluding diaryl/α,β-unsaturated/α-hetero) is 1. The first-order valence-corrected chi connectivity index (χ1v) is 12.3. The van der Waals surface area contributed by atoms with Crippen LogP contribution in [0.2, 0.25) is 0 Å². The molecule has 0 saturated carbocycles. The van der Waals surface area contributed by atoms with Crippen molar-refractivity contribution in [2.75, 3.05) is 24.6 Å². The molecule has 0 spiro atoms. The molecule has 5 rings (SSSR count). The van der Waals surface area contributed by atoms with Gasteiger partial charge in [0.05, 0.1) is 23.3 Å². The van der Waals surface area contributed by atoms with Crippen LogP contribution in [0.25, 0.3) is 22.0 Å². The Labute approximate surface area is 202 Å². The Morgan fingerprint density at radius 3 is 2.68 bits per heavy atom. The van der Waals surface area contributed by atoms with Gasteiger partial charge in [0, 0.05) is 17.6 Å². The molecule has 1 aromatic heterocycles. The van der Waals surface area contributed by atoms with Gasteiger partial charge in [0.25, 0.3) is 0 Å². The first-order valence-electron chi connectivity index (χ1n) is 12.3. The minimum atomic E-state index is -0.653. The Balaban J connectivity index is 1.86. The largest absolute Gasteiger partial charge is 0.490 e. The summed E-state index contributed by atoms with van der Waals surface area (Å²) >= 11 is 0. The van der Waals surface area contributed by atoms with Crippen molar-refractivity contribution in [1.29, 1.82) is 0 Å². The molecule has 0 bridgehead atoms. The lowest BCUT2D eigenvalue weighted by molar-refractivity contribution is -0.138. The van der Waals surface area contributed by atoms with Crippen LogP contribution in [0.4, 0.5) is 5.69 Å². The molecular formula is C29H34N2O3. The zero-order chi connectivity index (χ0) is 24.2. The number of ketones is 1. The Bertz CT molecular complexity index is 1290. The number of aryl methyl sites for hydroxylation is 2. The third kappa shape index (κ3) is 3.96. The van der Waals surface area contributed by atoms with Gasteiger partial charge in [-0.3, -0.25) is 9.78 Å². The van der Waals surface area contributed by atoms with Gasteiger partial charge in [-0.15, -0.1) is 0 Å². The second-order valence-electron chi connectivity index (χ2n) is 10.6. The van der Waals surface area contributed by atoms with Crippen molar-refractivity contribution >= 4 is 22.4 Å². The van der Waals surface area contributed by atoms with Crippen LogP contribution < -0.4 is 9.64 Å². The molecule has 0 saturated heterocycles. The van der Waals surface area contributed by atoms with Gasteiger partial charge in [-0.25, -0.2) is 0 Å². The number of fused-ring (bicyclic) bond motifs is 1. The minimum Gasteiger partial charge on any atom is -0.490 e. The summed E-state index contributed by atoms with van der Waals surface area (Å²) in [7, 11) is 0. The fourth-order valence-corrected chi connectivity index (χ4v) is 5.46. The van der Waals surface area contributed by atoms with E-state index in [1.807, 2.05) is 27.7 Å². The van der Waals surface area contributed by atoms with E-state index in [-0.39, 0.29) is 5.78 Å². The van der Waals surface area contributed by atoms with Crippen molar-refractivity contribution in [1.82, 2.24) is 4.98 Å². The van der Waals surface area contributed by atoms with Gasteiger partial charge >= 0.3 is 0 Å². The molecule has 0 N–H and O–H groups in total. The molecule has 0 amide bonds. The van der Waals surface area contributed by atoms with E-state index >= 15 is 0 Å². The molecule has 2 aromatic carbocycles. The van der Waals surface area contributed by atoms with Crippen molar-refractivity contribution in [3.05, 3.63) is 52.7 Å². The number of hydrogen-bond donors (Lipinski definition) is 0. The van der Waals surface area contributed by atoms with Crippen LogP contribution in [0.5, 0.6) is 5.75 Å². The van der Waals surface area contributed by atoms with Gasteiger partial charge in [0.15, 0.2) is 5.78 Å². The number of pyridine rings is 1. The lowest BCUT2D eigenvalue weighted by atomic mass is 9.83. The third-order valence-corrected chi connectivity index (χ3v) is 6.79. The second kappa shape index (κ2) is 8.38. The van der Waals surface area contributed by atoms with Crippen LogP contribution >= 0.6 is 0 Å². The SMILES string of the molecule is CC(=O)[C@@H](OC(C)(C)C)c1c(C)cc2nc(C)ccc2c1-c1ccc2c3c1CCCN3CCO2. The summed E-state index contributed by atoms with van der Waals surface area (Å²) in [4.78, 5) is 20.3. The van der Waals surface area contributed by atoms with E-state index < -0.39 is 11.7 Å². The summed E-state index contributed by atoms with van der Waals surface area (Å²) in [5.41, 5.74) is 8.18. The molecule has 0 fully saturated rings. The molecule has 0 aliphatic carbocycles. The maximum Gasteiger partial charge on any atom is 0.163 e. The molecule has 2 aliphatic rings.